The Balaban J connectivity index is 1.65. The summed E-state index contributed by atoms with van der Waals surface area (Å²) in [4.78, 5) is 67.8. The molecular formula is C36H44N6O6S2. The third-order valence-electron chi connectivity index (χ3n) is 8.26. The predicted octanol–water partition coefficient (Wildman–Crippen LogP) is 1.39. The van der Waals surface area contributed by atoms with Gasteiger partial charge in [-0.15, -0.1) is 23.5 Å². The van der Waals surface area contributed by atoms with Gasteiger partial charge in [0, 0.05) is 28.4 Å². The summed E-state index contributed by atoms with van der Waals surface area (Å²) < 4.78 is -0.876. The Morgan fingerprint density at radius 2 is 1.34 bits per heavy atom. The molecule has 12 nitrogen and oxygen atoms in total. The molecule has 1 saturated heterocycles. The lowest BCUT2D eigenvalue weighted by Gasteiger charge is -2.33. The summed E-state index contributed by atoms with van der Waals surface area (Å²) >= 11 is 2.69. The number of phenols is 1. The number of rotatable bonds is 9. The highest BCUT2D eigenvalue weighted by Gasteiger charge is 2.38. The van der Waals surface area contributed by atoms with Crippen LogP contribution in [0.2, 0.25) is 0 Å². The van der Waals surface area contributed by atoms with Crippen molar-refractivity contribution in [3.63, 3.8) is 0 Å². The molecule has 50 heavy (non-hydrogen) atoms. The second kappa shape index (κ2) is 17.9. The quantitative estimate of drug-likeness (QED) is 0.170. The molecule has 3 aromatic rings. The van der Waals surface area contributed by atoms with Gasteiger partial charge in [-0.25, -0.2) is 0 Å². The van der Waals surface area contributed by atoms with Gasteiger partial charge in [-0.05, 0) is 49.1 Å². The largest absolute Gasteiger partial charge is 0.508 e. The van der Waals surface area contributed by atoms with Gasteiger partial charge >= 0.3 is 0 Å². The third-order valence-corrected chi connectivity index (χ3v) is 10.9. The number of thioether (sulfide) groups is 2. The maximum Gasteiger partial charge on any atom is 0.244 e. The first kappa shape index (κ1) is 38.3. The predicted molar refractivity (Wildman–Crippen MR) is 196 cm³/mol. The lowest BCUT2D eigenvalue weighted by molar-refractivity contribution is -0.134. The second-order valence-electron chi connectivity index (χ2n) is 12.6. The van der Waals surface area contributed by atoms with E-state index in [-0.39, 0.29) is 30.8 Å². The molecule has 3 aromatic carbocycles. The summed E-state index contributed by atoms with van der Waals surface area (Å²) in [7, 11) is 0. The van der Waals surface area contributed by atoms with Gasteiger partial charge in [0.05, 0.1) is 6.04 Å². The van der Waals surface area contributed by atoms with Crippen LogP contribution in [-0.2, 0) is 43.2 Å². The molecule has 1 heterocycles. The zero-order chi connectivity index (χ0) is 36.3. The van der Waals surface area contributed by atoms with Crippen LogP contribution in [0.5, 0.6) is 5.75 Å². The van der Waals surface area contributed by atoms with Crippen LogP contribution in [0.4, 0.5) is 0 Å². The Morgan fingerprint density at radius 3 is 1.88 bits per heavy atom. The summed E-state index contributed by atoms with van der Waals surface area (Å²) in [6, 6.07) is 19.1. The number of carbonyl (C=O) groups is 5. The van der Waals surface area contributed by atoms with E-state index in [4.69, 9.17) is 11.5 Å². The molecule has 9 N–H and O–H groups in total. The molecule has 0 radical (unpaired) electrons. The average Bonchev–Trinajstić information content (AvgIpc) is 3.09. The van der Waals surface area contributed by atoms with Gasteiger partial charge in [0.25, 0.3) is 0 Å². The van der Waals surface area contributed by atoms with Crippen LogP contribution in [0.25, 0.3) is 0 Å². The van der Waals surface area contributed by atoms with Crippen molar-refractivity contribution < 1.29 is 29.1 Å². The Labute approximate surface area is 300 Å². The lowest BCUT2D eigenvalue weighted by atomic mass is 9.99. The molecule has 266 valence electrons. The van der Waals surface area contributed by atoms with E-state index >= 15 is 0 Å². The van der Waals surface area contributed by atoms with Crippen LogP contribution >= 0.6 is 23.5 Å². The highest BCUT2D eigenvalue weighted by Crippen LogP contribution is 2.32. The molecule has 1 aliphatic heterocycles. The van der Waals surface area contributed by atoms with Crippen molar-refractivity contribution in [1.82, 2.24) is 21.3 Å². The Kier molecular flexibility index (Phi) is 13.7. The van der Waals surface area contributed by atoms with Crippen LogP contribution in [0.3, 0.4) is 0 Å². The number of amides is 5. The number of nitrogens with two attached hydrogens (primary N) is 2. The van der Waals surface area contributed by atoms with E-state index in [2.05, 4.69) is 21.3 Å². The maximum atomic E-state index is 14.0. The number of primary amides is 1. The van der Waals surface area contributed by atoms with Crippen molar-refractivity contribution >= 4 is 53.1 Å². The van der Waals surface area contributed by atoms with E-state index in [9.17, 15) is 29.1 Å². The standard InChI is InChI=1S/C36H44N6O6S2/c1-36(2)30(31(38)44)42-34(47)28(19-23-11-7-4-8-12-23)39-33(46)27(18-22-9-5-3-6-10-22)40-35(48)29(20-49-21-50-36)41-32(45)26(37)17-24-13-15-25(43)16-14-24/h3-16,26-30,43H,17-21,37H2,1-2H3,(H2,38,44)(H,39,46)(H,40,48)(H,41,45)(H,42,47)/t26-,27-,28-,29+,30-/m0/s1. The van der Waals surface area contributed by atoms with Crippen molar-refractivity contribution in [3.8, 4) is 5.75 Å². The number of nitrogens with one attached hydrogen (secondary N) is 4. The first-order valence-electron chi connectivity index (χ1n) is 16.2. The Bertz CT molecular complexity index is 1630. The van der Waals surface area contributed by atoms with Crippen molar-refractivity contribution in [3.05, 3.63) is 102 Å². The highest BCUT2D eigenvalue weighted by molar-refractivity contribution is 8.16. The van der Waals surface area contributed by atoms with Crippen LogP contribution < -0.4 is 32.7 Å². The van der Waals surface area contributed by atoms with Crippen molar-refractivity contribution in [1.29, 1.82) is 0 Å². The zero-order valence-corrected chi connectivity index (χ0v) is 29.6. The molecule has 5 atom stereocenters. The molecular weight excluding hydrogens is 677 g/mol. The maximum absolute atomic E-state index is 14.0. The Hall–Kier alpha value is -4.53. The summed E-state index contributed by atoms with van der Waals surface area (Å²) in [6.07, 6.45) is 0.366. The summed E-state index contributed by atoms with van der Waals surface area (Å²) in [5, 5.41) is 21.1. The first-order chi connectivity index (χ1) is 23.8. The van der Waals surface area contributed by atoms with Gasteiger partial charge in [-0.2, -0.15) is 0 Å². The fourth-order valence-corrected chi connectivity index (χ4v) is 8.12. The Morgan fingerprint density at radius 1 is 0.820 bits per heavy atom. The fourth-order valence-electron chi connectivity index (χ4n) is 5.38. The van der Waals surface area contributed by atoms with E-state index in [0.29, 0.717) is 5.08 Å². The molecule has 4 rings (SSSR count). The smallest absolute Gasteiger partial charge is 0.244 e. The van der Waals surface area contributed by atoms with E-state index in [1.54, 1.807) is 26.0 Å². The number of carbonyl (C=O) groups excluding carboxylic acids is 5. The van der Waals surface area contributed by atoms with E-state index in [0.717, 1.165) is 16.7 Å². The molecule has 1 fully saturated rings. The number of phenolic OH excluding ortho intramolecular Hbond substituents is 1. The van der Waals surface area contributed by atoms with Crippen LogP contribution in [0.15, 0.2) is 84.9 Å². The van der Waals surface area contributed by atoms with Gasteiger partial charge < -0.3 is 37.8 Å². The molecule has 0 unspecified atom stereocenters. The number of benzene rings is 3. The number of aromatic hydroxyl groups is 1. The van der Waals surface area contributed by atoms with Crippen molar-refractivity contribution in [2.75, 3.05) is 10.8 Å². The monoisotopic (exact) mass is 720 g/mol. The van der Waals surface area contributed by atoms with Gasteiger partial charge in [-0.1, -0.05) is 72.8 Å². The molecule has 0 spiro atoms. The number of hydrogen-bond donors (Lipinski definition) is 7. The van der Waals surface area contributed by atoms with Gasteiger partial charge in [-0.3, -0.25) is 24.0 Å². The van der Waals surface area contributed by atoms with Gasteiger partial charge in [0.1, 0.15) is 29.9 Å². The topological polar surface area (TPSA) is 206 Å². The minimum Gasteiger partial charge on any atom is -0.508 e. The molecule has 0 bridgehead atoms. The summed E-state index contributed by atoms with van der Waals surface area (Å²) in [5.74, 6) is -2.92. The summed E-state index contributed by atoms with van der Waals surface area (Å²) in [5.41, 5.74) is 14.3. The highest BCUT2D eigenvalue weighted by atomic mass is 32.2. The lowest BCUT2D eigenvalue weighted by Crippen LogP contribution is -2.61. The minimum absolute atomic E-state index is 0.0831. The van der Waals surface area contributed by atoms with Gasteiger partial charge in [0.2, 0.25) is 29.5 Å². The van der Waals surface area contributed by atoms with Crippen LogP contribution in [-0.4, -0.2) is 80.4 Å². The SMILES string of the molecule is CC1(C)SCSC[C@@H](NC(=O)[C@@H](N)Cc2ccc(O)cc2)C(=O)N[C@@H](Cc2ccccc2)C(=O)N[C@@H](Cc2ccccc2)C(=O)N[C@H]1C(N)=O. The van der Waals surface area contributed by atoms with Gasteiger partial charge in [0.15, 0.2) is 0 Å². The molecule has 0 saturated carbocycles. The summed E-state index contributed by atoms with van der Waals surface area (Å²) in [6.45, 7) is 3.56. The molecule has 0 aliphatic carbocycles. The number of hydrogen-bond acceptors (Lipinski definition) is 9. The average molecular weight is 721 g/mol. The zero-order valence-electron chi connectivity index (χ0n) is 28.0. The molecule has 1 aliphatic rings. The third kappa shape index (κ3) is 11.3. The molecule has 14 heteroatoms. The molecule has 5 amide bonds. The fraction of sp³-hybridized carbons (Fsp3) is 0.361. The van der Waals surface area contributed by atoms with Crippen molar-refractivity contribution in [2.24, 2.45) is 11.5 Å². The normalized spacial score (nSPS) is 22.4. The van der Waals surface area contributed by atoms with Crippen LogP contribution in [0, 0.1) is 0 Å². The van der Waals surface area contributed by atoms with E-state index < -0.39 is 64.5 Å². The first-order valence-corrected chi connectivity index (χ1v) is 18.3. The minimum atomic E-state index is -1.13. The van der Waals surface area contributed by atoms with Crippen LogP contribution in [0.1, 0.15) is 30.5 Å². The second-order valence-corrected chi connectivity index (χ2v) is 15.6. The van der Waals surface area contributed by atoms with E-state index in [1.807, 2.05) is 60.7 Å². The van der Waals surface area contributed by atoms with Crippen molar-refractivity contribution in [2.45, 2.75) is 68.1 Å². The molecule has 0 aromatic heterocycles. The van der Waals surface area contributed by atoms with E-state index in [1.165, 1.54) is 35.7 Å².